The summed E-state index contributed by atoms with van der Waals surface area (Å²) in [6.07, 6.45) is 3.75. The number of likely N-dealkylation sites (tertiary alicyclic amines) is 1. The van der Waals surface area contributed by atoms with E-state index in [9.17, 15) is 0 Å². The molecule has 0 aromatic heterocycles. The molecule has 100 valence electrons. The van der Waals surface area contributed by atoms with Crippen LogP contribution in [0.5, 0.6) is 0 Å². The fraction of sp³-hybridized carbons (Fsp3) is 0.625. The van der Waals surface area contributed by atoms with Crippen LogP contribution in [0.15, 0.2) is 30.3 Å². The van der Waals surface area contributed by atoms with Gasteiger partial charge in [-0.2, -0.15) is 0 Å². The minimum Gasteiger partial charge on any atom is -0.316 e. The van der Waals surface area contributed by atoms with Gasteiger partial charge in [-0.1, -0.05) is 30.3 Å². The lowest BCUT2D eigenvalue weighted by atomic mass is 9.90. The maximum Gasteiger partial charge on any atom is 0.0194 e. The summed E-state index contributed by atoms with van der Waals surface area (Å²) in [5.41, 5.74) is 1.69. The fourth-order valence-electron chi connectivity index (χ4n) is 2.97. The highest BCUT2D eigenvalue weighted by atomic mass is 15.2. The molecular weight excluding hydrogens is 220 g/mol. The van der Waals surface area contributed by atoms with E-state index in [0.29, 0.717) is 6.04 Å². The second-order valence-corrected chi connectivity index (χ2v) is 6.05. The minimum absolute atomic E-state index is 0.247. The van der Waals surface area contributed by atoms with Gasteiger partial charge in [0, 0.05) is 18.1 Å². The summed E-state index contributed by atoms with van der Waals surface area (Å²) in [5, 5.41) is 3.43. The molecule has 1 aromatic rings. The van der Waals surface area contributed by atoms with Gasteiger partial charge in [-0.3, -0.25) is 4.90 Å². The van der Waals surface area contributed by atoms with Gasteiger partial charge in [-0.15, -0.1) is 0 Å². The minimum atomic E-state index is 0.247. The zero-order valence-corrected chi connectivity index (χ0v) is 11.9. The monoisotopic (exact) mass is 246 g/mol. The summed E-state index contributed by atoms with van der Waals surface area (Å²) in [6, 6.07) is 11.5. The Kier molecular flexibility index (Phi) is 4.41. The molecule has 0 aliphatic carbocycles. The molecule has 0 spiro atoms. The van der Waals surface area contributed by atoms with E-state index in [-0.39, 0.29) is 5.54 Å². The molecule has 2 rings (SSSR count). The normalized spacial score (nSPS) is 22.1. The summed E-state index contributed by atoms with van der Waals surface area (Å²) >= 11 is 0. The number of nitrogens with one attached hydrogen (secondary N) is 1. The highest BCUT2D eigenvalue weighted by Gasteiger charge is 2.30. The lowest BCUT2D eigenvalue weighted by molar-refractivity contribution is 0.0794. The average Bonchev–Trinajstić information content (AvgIpc) is 2.39. The van der Waals surface area contributed by atoms with Gasteiger partial charge >= 0.3 is 0 Å². The van der Waals surface area contributed by atoms with Gasteiger partial charge < -0.3 is 5.32 Å². The van der Waals surface area contributed by atoms with Crippen molar-refractivity contribution < 1.29 is 0 Å². The van der Waals surface area contributed by atoms with Crippen molar-refractivity contribution in [1.82, 2.24) is 10.2 Å². The SMILES string of the molecule is CNC1CCCN(C(C)(C)Cc2ccccc2)C1. The molecule has 1 aliphatic rings. The number of hydrogen-bond acceptors (Lipinski definition) is 2. The largest absolute Gasteiger partial charge is 0.316 e. The maximum absolute atomic E-state index is 3.43. The topological polar surface area (TPSA) is 15.3 Å². The Morgan fingerprint density at radius 1 is 1.28 bits per heavy atom. The van der Waals surface area contributed by atoms with E-state index in [1.165, 1.54) is 31.5 Å². The summed E-state index contributed by atoms with van der Waals surface area (Å²) in [4.78, 5) is 2.64. The van der Waals surface area contributed by atoms with Gasteiger partial charge in [0.25, 0.3) is 0 Å². The molecule has 1 aromatic carbocycles. The molecule has 0 saturated carbocycles. The Hall–Kier alpha value is -0.860. The number of benzene rings is 1. The highest BCUT2D eigenvalue weighted by molar-refractivity contribution is 5.17. The van der Waals surface area contributed by atoms with Crippen molar-refractivity contribution in [2.24, 2.45) is 0 Å². The second kappa shape index (κ2) is 5.85. The lowest BCUT2D eigenvalue weighted by Crippen LogP contribution is -2.54. The van der Waals surface area contributed by atoms with Crippen molar-refractivity contribution in [3.05, 3.63) is 35.9 Å². The van der Waals surface area contributed by atoms with Gasteiger partial charge in [0.1, 0.15) is 0 Å². The molecule has 1 heterocycles. The van der Waals surface area contributed by atoms with Gasteiger partial charge in [0.2, 0.25) is 0 Å². The predicted octanol–water partition coefficient (Wildman–Crippen LogP) is 2.69. The van der Waals surface area contributed by atoms with Crippen LogP contribution in [0.3, 0.4) is 0 Å². The van der Waals surface area contributed by atoms with Gasteiger partial charge in [-0.25, -0.2) is 0 Å². The fourth-order valence-corrected chi connectivity index (χ4v) is 2.97. The van der Waals surface area contributed by atoms with Crippen LogP contribution < -0.4 is 5.32 Å². The first-order valence-corrected chi connectivity index (χ1v) is 7.08. The van der Waals surface area contributed by atoms with Crippen molar-refractivity contribution in [2.75, 3.05) is 20.1 Å². The Bertz CT molecular complexity index is 359. The van der Waals surface area contributed by atoms with Crippen molar-refractivity contribution in [3.8, 4) is 0 Å². The highest BCUT2D eigenvalue weighted by Crippen LogP contribution is 2.24. The summed E-state index contributed by atoms with van der Waals surface area (Å²) in [6.45, 7) is 7.16. The molecule has 1 N–H and O–H groups in total. The third-order valence-electron chi connectivity index (χ3n) is 4.17. The number of piperidine rings is 1. The van der Waals surface area contributed by atoms with E-state index in [2.05, 4.69) is 61.4 Å². The van der Waals surface area contributed by atoms with Gasteiger partial charge in [0.15, 0.2) is 0 Å². The second-order valence-electron chi connectivity index (χ2n) is 6.05. The molecule has 1 atom stereocenters. The predicted molar refractivity (Wildman–Crippen MR) is 77.9 cm³/mol. The average molecular weight is 246 g/mol. The number of rotatable bonds is 4. The molecule has 0 amide bonds. The van der Waals surface area contributed by atoms with Crippen molar-refractivity contribution in [1.29, 1.82) is 0 Å². The zero-order chi connectivity index (χ0) is 13.0. The molecule has 0 radical (unpaired) electrons. The van der Waals surface area contributed by atoms with Gasteiger partial charge in [0.05, 0.1) is 0 Å². The van der Waals surface area contributed by atoms with Crippen LogP contribution in [0, 0.1) is 0 Å². The van der Waals surface area contributed by atoms with Crippen molar-refractivity contribution in [3.63, 3.8) is 0 Å². The Morgan fingerprint density at radius 2 is 2.00 bits per heavy atom. The van der Waals surface area contributed by atoms with Crippen molar-refractivity contribution >= 4 is 0 Å². The smallest absolute Gasteiger partial charge is 0.0194 e. The molecule has 2 heteroatoms. The third-order valence-corrected chi connectivity index (χ3v) is 4.17. The van der Waals surface area contributed by atoms with Crippen LogP contribution >= 0.6 is 0 Å². The third kappa shape index (κ3) is 3.33. The summed E-state index contributed by atoms with van der Waals surface area (Å²) < 4.78 is 0. The van der Waals surface area contributed by atoms with Crippen LogP contribution in [-0.2, 0) is 6.42 Å². The first kappa shape index (κ1) is 13.6. The molecule has 1 aliphatic heterocycles. The first-order chi connectivity index (χ1) is 8.62. The quantitative estimate of drug-likeness (QED) is 0.878. The van der Waals surface area contributed by atoms with Crippen LogP contribution in [0.1, 0.15) is 32.3 Å². The van der Waals surface area contributed by atoms with Crippen molar-refractivity contribution in [2.45, 2.75) is 44.7 Å². The Morgan fingerprint density at radius 3 is 2.67 bits per heavy atom. The van der Waals surface area contributed by atoms with Crippen LogP contribution in [0.25, 0.3) is 0 Å². The first-order valence-electron chi connectivity index (χ1n) is 7.08. The van der Waals surface area contributed by atoms with E-state index in [1.807, 2.05) is 0 Å². The Labute approximate surface area is 111 Å². The maximum atomic E-state index is 3.43. The van der Waals surface area contributed by atoms with E-state index in [4.69, 9.17) is 0 Å². The lowest BCUT2D eigenvalue weighted by Gasteiger charge is -2.43. The van der Waals surface area contributed by atoms with Crippen LogP contribution in [-0.4, -0.2) is 36.6 Å². The molecule has 1 unspecified atom stereocenters. The summed E-state index contributed by atoms with van der Waals surface area (Å²) in [5.74, 6) is 0. The summed E-state index contributed by atoms with van der Waals surface area (Å²) in [7, 11) is 2.08. The van der Waals surface area contributed by atoms with E-state index < -0.39 is 0 Å². The van der Waals surface area contributed by atoms with E-state index in [0.717, 1.165) is 6.42 Å². The number of likely N-dealkylation sites (N-methyl/N-ethyl adjacent to an activating group) is 1. The van der Waals surface area contributed by atoms with E-state index >= 15 is 0 Å². The number of hydrogen-bond donors (Lipinski definition) is 1. The van der Waals surface area contributed by atoms with Gasteiger partial charge in [-0.05, 0) is 52.3 Å². The van der Waals surface area contributed by atoms with Crippen LogP contribution in [0.4, 0.5) is 0 Å². The van der Waals surface area contributed by atoms with Crippen LogP contribution in [0.2, 0.25) is 0 Å². The molecule has 2 nitrogen and oxygen atoms in total. The standard InChI is InChI=1S/C16H26N2/c1-16(2,12-14-8-5-4-6-9-14)18-11-7-10-15(13-18)17-3/h4-6,8-9,15,17H,7,10-13H2,1-3H3. The Balaban J connectivity index is 2.01. The molecule has 18 heavy (non-hydrogen) atoms. The molecule has 1 saturated heterocycles. The number of nitrogens with zero attached hydrogens (tertiary/aromatic N) is 1. The molecule has 1 fully saturated rings. The van der Waals surface area contributed by atoms with E-state index in [1.54, 1.807) is 0 Å². The zero-order valence-electron chi connectivity index (χ0n) is 11.9. The molecule has 0 bridgehead atoms. The molecular formula is C16H26N2.